The van der Waals surface area contributed by atoms with E-state index in [2.05, 4.69) is 13.8 Å². The maximum atomic E-state index is 9.72. The van der Waals surface area contributed by atoms with Crippen LogP contribution in [0.1, 0.15) is 58.8 Å². The van der Waals surface area contributed by atoms with E-state index in [0.29, 0.717) is 10.8 Å². The predicted molar refractivity (Wildman–Crippen MR) is 80.2 cm³/mol. The Balaban J connectivity index is 0.000000175. The Morgan fingerprint density at radius 1 is 1.09 bits per heavy atom. The van der Waals surface area contributed by atoms with Crippen molar-refractivity contribution in [2.75, 3.05) is 0 Å². The first-order valence-corrected chi connectivity index (χ1v) is 7.86. The highest BCUT2D eigenvalue weighted by molar-refractivity contribution is 5.79. The van der Waals surface area contributed by atoms with Crippen LogP contribution in [-0.4, -0.2) is 38.9 Å². The van der Waals surface area contributed by atoms with Crippen molar-refractivity contribution in [1.82, 2.24) is 0 Å². The lowest BCUT2D eigenvalue weighted by atomic mass is 9.43. The van der Waals surface area contributed by atoms with Gasteiger partial charge in [-0.05, 0) is 55.3 Å². The van der Waals surface area contributed by atoms with Gasteiger partial charge in [-0.1, -0.05) is 13.8 Å². The molecule has 4 saturated carbocycles. The molecule has 0 saturated heterocycles. The van der Waals surface area contributed by atoms with Crippen LogP contribution in [0, 0.1) is 16.7 Å². The van der Waals surface area contributed by atoms with Gasteiger partial charge in [-0.3, -0.25) is 4.79 Å². The number of aliphatic carboxylic acids is 2. The van der Waals surface area contributed by atoms with Crippen molar-refractivity contribution < 1.29 is 24.9 Å². The zero-order chi connectivity index (χ0) is 16.8. The number of hydrogen-bond acceptors (Lipinski definition) is 4. The minimum absolute atomic E-state index is 0.225. The Kier molecular flexibility index (Phi) is 4.30. The molecular formula is C16H27NO5. The summed E-state index contributed by atoms with van der Waals surface area (Å²) in [5.74, 6) is -1.89. The highest BCUT2D eigenvalue weighted by Gasteiger charge is 2.58. The van der Waals surface area contributed by atoms with E-state index in [1.165, 1.54) is 38.5 Å². The number of aliphatic hydroxyl groups excluding tert-OH is 1. The molecule has 126 valence electrons. The summed E-state index contributed by atoms with van der Waals surface area (Å²) in [7, 11) is 0. The highest BCUT2D eigenvalue weighted by Crippen LogP contribution is 2.65. The van der Waals surface area contributed by atoms with Crippen molar-refractivity contribution in [3.8, 4) is 0 Å². The first-order chi connectivity index (χ1) is 9.94. The van der Waals surface area contributed by atoms with E-state index < -0.39 is 24.5 Å². The Morgan fingerprint density at radius 3 is 1.86 bits per heavy atom. The first-order valence-electron chi connectivity index (χ1n) is 7.86. The van der Waals surface area contributed by atoms with E-state index in [0.717, 1.165) is 5.92 Å². The van der Waals surface area contributed by atoms with E-state index in [9.17, 15) is 9.59 Å². The molecule has 3 atom stereocenters. The summed E-state index contributed by atoms with van der Waals surface area (Å²) in [6.45, 7) is 4.94. The largest absolute Gasteiger partial charge is 0.481 e. The van der Waals surface area contributed by atoms with Crippen molar-refractivity contribution in [2.45, 2.75) is 70.4 Å². The number of aliphatic hydroxyl groups is 1. The third-order valence-electron chi connectivity index (χ3n) is 5.32. The van der Waals surface area contributed by atoms with Crippen LogP contribution in [0.15, 0.2) is 0 Å². The quantitative estimate of drug-likeness (QED) is 0.628. The van der Waals surface area contributed by atoms with Crippen LogP contribution in [0.4, 0.5) is 0 Å². The van der Waals surface area contributed by atoms with Gasteiger partial charge in [0.25, 0.3) is 0 Å². The molecule has 0 aromatic rings. The molecule has 22 heavy (non-hydrogen) atoms. The molecule has 0 spiro atoms. The van der Waals surface area contributed by atoms with Crippen LogP contribution in [0.5, 0.6) is 0 Å². The molecule has 3 unspecified atom stereocenters. The fourth-order valence-corrected chi connectivity index (χ4v) is 5.79. The molecule has 6 heteroatoms. The van der Waals surface area contributed by atoms with Gasteiger partial charge in [-0.2, -0.15) is 0 Å². The molecular weight excluding hydrogens is 286 g/mol. The molecule has 6 nitrogen and oxygen atoms in total. The second kappa shape index (κ2) is 5.49. The fourth-order valence-electron chi connectivity index (χ4n) is 5.79. The first kappa shape index (κ1) is 17.2. The minimum Gasteiger partial charge on any atom is -0.481 e. The van der Waals surface area contributed by atoms with Crippen LogP contribution in [0.25, 0.3) is 0 Å². The van der Waals surface area contributed by atoms with Crippen molar-refractivity contribution in [1.29, 1.82) is 0 Å². The minimum atomic E-state index is -1.79. The van der Waals surface area contributed by atoms with Gasteiger partial charge in [0.2, 0.25) is 0 Å². The lowest BCUT2D eigenvalue weighted by molar-refractivity contribution is -0.152. The van der Waals surface area contributed by atoms with Crippen LogP contribution < -0.4 is 5.73 Å². The van der Waals surface area contributed by atoms with Crippen LogP contribution >= 0.6 is 0 Å². The molecule has 4 fully saturated rings. The standard InChI is InChI=1S/C12H21N.C4H6O5/c1-10-3-9-4-11(2,6-10)8-12(13,5-9)7-10;5-2(4(8)9)1-3(6)7/h9H,3-8,13H2,1-2H3;2,5H,1H2,(H,6,7)(H,8,9). The van der Waals surface area contributed by atoms with Gasteiger partial charge in [0.1, 0.15) is 0 Å². The summed E-state index contributed by atoms with van der Waals surface area (Å²) < 4.78 is 0. The molecule has 0 aliphatic heterocycles. The summed E-state index contributed by atoms with van der Waals surface area (Å²) in [5, 5.41) is 24.1. The topological polar surface area (TPSA) is 121 Å². The maximum absolute atomic E-state index is 9.72. The summed E-state index contributed by atoms with van der Waals surface area (Å²) in [6, 6.07) is 0. The van der Waals surface area contributed by atoms with E-state index in [4.69, 9.17) is 21.1 Å². The molecule has 0 amide bonds. The Hall–Kier alpha value is -1.14. The molecule has 0 aromatic carbocycles. The average molecular weight is 313 g/mol. The summed E-state index contributed by atoms with van der Waals surface area (Å²) >= 11 is 0. The highest BCUT2D eigenvalue weighted by atomic mass is 16.4. The van der Waals surface area contributed by atoms with Gasteiger partial charge in [0, 0.05) is 5.54 Å². The van der Waals surface area contributed by atoms with Gasteiger partial charge >= 0.3 is 11.9 Å². The number of carboxylic acids is 2. The van der Waals surface area contributed by atoms with Gasteiger partial charge in [0.15, 0.2) is 6.10 Å². The Labute approximate surface area is 130 Å². The SMILES string of the molecule is CC12CC3CC(C)(C1)CC(N)(C3)C2.O=C(O)CC(O)C(=O)O. The van der Waals surface area contributed by atoms with E-state index in [1.807, 2.05) is 0 Å². The molecule has 4 aliphatic carbocycles. The lowest BCUT2D eigenvalue weighted by Gasteiger charge is -2.64. The fraction of sp³-hybridized carbons (Fsp3) is 0.875. The van der Waals surface area contributed by atoms with Gasteiger partial charge in [0.05, 0.1) is 6.42 Å². The summed E-state index contributed by atoms with van der Waals surface area (Å²) in [4.78, 5) is 19.4. The van der Waals surface area contributed by atoms with Gasteiger partial charge in [-0.25, -0.2) is 4.79 Å². The maximum Gasteiger partial charge on any atom is 0.333 e. The van der Waals surface area contributed by atoms with E-state index >= 15 is 0 Å². The van der Waals surface area contributed by atoms with E-state index in [-0.39, 0.29) is 5.54 Å². The molecule has 4 bridgehead atoms. The number of carboxylic acid groups (broad SMARTS) is 2. The van der Waals surface area contributed by atoms with E-state index in [1.54, 1.807) is 0 Å². The monoisotopic (exact) mass is 313 g/mol. The zero-order valence-electron chi connectivity index (χ0n) is 13.3. The third-order valence-corrected chi connectivity index (χ3v) is 5.32. The van der Waals surface area contributed by atoms with Crippen LogP contribution in [0.2, 0.25) is 0 Å². The van der Waals surface area contributed by atoms with Crippen molar-refractivity contribution in [3.05, 3.63) is 0 Å². The lowest BCUT2D eigenvalue weighted by Crippen LogP contribution is -2.62. The molecule has 4 rings (SSSR count). The summed E-state index contributed by atoms with van der Waals surface area (Å²) in [5.41, 5.74) is 7.92. The number of nitrogens with two attached hydrogens (primary N) is 1. The molecule has 0 heterocycles. The molecule has 0 aromatic heterocycles. The van der Waals surface area contributed by atoms with Crippen molar-refractivity contribution in [3.63, 3.8) is 0 Å². The van der Waals surface area contributed by atoms with Crippen LogP contribution in [0.3, 0.4) is 0 Å². The number of hydrogen-bond donors (Lipinski definition) is 4. The second-order valence-electron chi connectivity index (χ2n) is 8.44. The van der Waals surface area contributed by atoms with Crippen molar-refractivity contribution in [2.24, 2.45) is 22.5 Å². The smallest absolute Gasteiger partial charge is 0.333 e. The normalized spacial score (nSPS) is 43.2. The number of rotatable bonds is 3. The Morgan fingerprint density at radius 2 is 1.59 bits per heavy atom. The Bertz CT molecular complexity index is 426. The summed E-state index contributed by atoms with van der Waals surface area (Å²) in [6.07, 6.45) is 5.73. The second-order valence-corrected chi connectivity index (χ2v) is 8.44. The van der Waals surface area contributed by atoms with Gasteiger partial charge < -0.3 is 21.1 Å². The van der Waals surface area contributed by atoms with Gasteiger partial charge in [-0.15, -0.1) is 0 Å². The van der Waals surface area contributed by atoms with Crippen molar-refractivity contribution >= 4 is 11.9 Å². The average Bonchev–Trinajstić information content (AvgIpc) is 2.21. The molecule has 5 N–H and O–H groups in total. The zero-order valence-corrected chi connectivity index (χ0v) is 13.3. The third kappa shape index (κ3) is 3.79. The molecule has 4 aliphatic rings. The number of carbonyl (C=O) groups is 2. The van der Waals surface area contributed by atoms with Crippen LogP contribution in [-0.2, 0) is 9.59 Å². The molecule has 0 radical (unpaired) electrons. The predicted octanol–water partition coefficient (Wildman–Crippen LogP) is 1.60.